The minimum atomic E-state index is 0. The van der Waals surface area contributed by atoms with E-state index in [0.717, 1.165) is 57.6 Å². The molecule has 0 amide bonds. The molecule has 136 valence electrons. The van der Waals surface area contributed by atoms with Gasteiger partial charge in [-0.3, -0.25) is 9.89 Å². The normalized spacial score (nSPS) is 16.0. The van der Waals surface area contributed by atoms with E-state index in [1.807, 2.05) is 13.1 Å². The van der Waals surface area contributed by atoms with Gasteiger partial charge in [-0.25, -0.2) is 9.97 Å². The lowest BCUT2D eigenvalue weighted by Gasteiger charge is -2.34. The van der Waals surface area contributed by atoms with E-state index in [1.54, 1.807) is 12.4 Å². The summed E-state index contributed by atoms with van der Waals surface area (Å²) >= 11 is 0. The van der Waals surface area contributed by atoms with Crippen LogP contribution in [0.1, 0.15) is 20.3 Å². The lowest BCUT2D eigenvalue weighted by Crippen LogP contribution is -2.48. The molecule has 2 N–H and O–H groups in total. The molecule has 1 aliphatic rings. The first kappa shape index (κ1) is 20.9. The van der Waals surface area contributed by atoms with E-state index in [2.05, 4.69) is 49.2 Å². The maximum atomic E-state index is 4.32. The van der Waals surface area contributed by atoms with Crippen LogP contribution in [0.2, 0.25) is 0 Å². The highest BCUT2D eigenvalue weighted by Gasteiger charge is 2.18. The van der Waals surface area contributed by atoms with Crippen LogP contribution in [0, 0.1) is 0 Å². The van der Waals surface area contributed by atoms with Gasteiger partial charge in [-0.05, 0) is 32.9 Å². The Morgan fingerprint density at radius 2 is 1.88 bits per heavy atom. The molecule has 1 fully saturated rings. The molecule has 1 saturated heterocycles. The highest BCUT2D eigenvalue weighted by molar-refractivity contribution is 14.0. The van der Waals surface area contributed by atoms with Gasteiger partial charge in [-0.15, -0.1) is 24.0 Å². The number of anilines is 1. The monoisotopic (exact) mass is 447 g/mol. The average molecular weight is 447 g/mol. The second kappa shape index (κ2) is 11.4. The largest absolute Gasteiger partial charge is 0.356 e. The summed E-state index contributed by atoms with van der Waals surface area (Å²) in [4.78, 5) is 17.6. The van der Waals surface area contributed by atoms with Crippen molar-refractivity contribution in [2.45, 2.75) is 26.3 Å². The Morgan fingerprint density at radius 3 is 2.46 bits per heavy atom. The molecule has 2 rings (SSSR count). The Kier molecular flexibility index (Phi) is 9.92. The summed E-state index contributed by atoms with van der Waals surface area (Å²) in [5.41, 5.74) is 0. The van der Waals surface area contributed by atoms with Gasteiger partial charge in [0.2, 0.25) is 5.95 Å². The summed E-state index contributed by atoms with van der Waals surface area (Å²) in [6, 6.07) is 2.25. The standard InChI is InChI=1S/C16H29N7.HI/c1-14(2)21-15(17-3)18-8-5-9-22-10-12-23(13-11-22)16-19-6-4-7-20-16;/h4,6-7,14H,5,8-13H2,1-3H3,(H2,17,18,21);1H. The quantitative estimate of drug-likeness (QED) is 0.296. The molecule has 0 saturated carbocycles. The molecule has 0 radical (unpaired) electrons. The number of aliphatic imine (C=N–C) groups is 1. The number of nitrogens with zero attached hydrogens (tertiary/aromatic N) is 5. The third-order valence-corrected chi connectivity index (χ3v) is 3.80. The molecule has 0 bridgehead atoms. The number of guanidine groups is 1. The molecule has 1 aromatic rings. The molecule has 8 heteroatoms. The van der Waals surface area contributed by atoms with Gasteiger partial charge >= 0.3 is 0 Å². The van der Waals surface area contributed by atoms with Crippen molar-refractivity contribution in [3.8, 4) is 0 Å². The molecule has 1 aliphatic heterocycles. The van der Waals surface area contributed by atoms with E-state index < -0.39 is 0 Å². The zero-order valence-corrected chi connectivity index (χ0v) is 17.2. The topological polar surface area (TPSA) is 68.7 Å². The third kappa shape index (κ3) is 7.16. The zero-order chi connectivity index (χ0) is 16.5. The fraction of sp³-hybridized carbons (Fsp3) is 0.688. The Labute approximate surface area is 162 Å². The third-order valence-electron chi connectivity index (χ3n) is 3.80. The highest BCUT2D eigenvalue weighted by Crippen LogP contribution is 2.09. The maximum Gasteiger partial charge on any atom is 0.225 e. The second-order valence-electron chi connectivity index (χ2n) is 6.03. The predicted molar refractivity (Wildman–Crippen MR) is 110 cm³/mol. The lowest BCUT2D eigenvalue weighted by atomic mass is 10.3. The summed E-state index contributed by atoms with van der Waals surface area (Å²) in [7, 11) is 1.81. The van der Waals surface area contributed by atoms with Crippen LogP contribution >= 0.6 is 24.0 Å². The Morgan fingerprint density at radius 1 is 1.21 bits per heavy atom. The molecule has 1 aromatic heterocycles. The zero-order valence-electron chi connectivity index (χ0n) is 14.9. The van der Waals surface area contributed by atoms with Gasteiger partial charge in [0.05, 0.1) is 0 Å². The van der Waals surface area contributed by atoms with Gasteiger partial charge in [0.15, 0.2) is 5.96 Å². The number of piperazine rings is 1. The van der Waals surface area contributed by atoms with Crippen molar-refractivity contribution in [2.24, 2.45) is 4.99 Å². The fourth-order valence-electron chi connectivity index (χ4n) is 2.60. The number of nitrogens with one attached hydrogen (secondary N) is 2. The minimum Gasteiger partial charge on any atom is -0.356 e. The van der Waals surface area contributed by atoms with Crippen LogP contribution in [-0.2, 0) is 0 Å². The smallest absolute Gasteiger partial charge is 0.225 e. The number of rotatable bonds is 6. The van der Waals surface area contributed by atoms with E-state index in [4.69, 9.17) is 0 Å². The van der Waals surface area contributed by atoms with Gasteiger partial charge in [0.1, 0.15) is 0 Å². The average Bonchev–Trinajstić information content (AvgIpc) is 2.58. The van der Waals surface area contributed by atoms with Crippen molar-refractivity contribution in [1.82, 2.24) is 25.5 Å². The highest BCUT2D eigenvalue weighted by atomic mass is 127. The number of hydrogen-bond acceptors (Lipinski definition) is 5. The molecule has 2 heterocycles. The summed E-state index contributed by atoms with van der Waals surface area (Å²) in [5.74, 6) is 1.73. The van der Waals surface area contributed by atoms with E-state index >= 15 is 0 Å². The first-order chi connectivity index (χ1) is 11.2. The van der Waals surface area contributed by atoms with Crippen molar-refractivity contribution in [3.05, 3.63) is 18.5 Å². The molecule has 0 aliphatic carbocycles. The molecular weight excluding hydrogens is 417 g/mol. The van der Waals surface area contributed by atoms with Gasteiger partial charge in [-0.1, -0.05) is 0 Å². The van der Waals surface area contributed by atoms with Crippen LogP contribution < -0.4 is 15.5 Å². The second-order valence-corrected chi connectivity index (χ2v) is 6.03. The van der Waals surface area contributed by atoms with Crippen LogP contribution in [0.25, 0.3) is 0 Å². The van der Waals surface area contributed by atoms with Gasteiger partial charge in [-0.2, -0.15) is 0 Å². The SMILES string of the molecule is CN=C(NCCCN1CCN(c2ncccn2)CC1)NC(C)C.I. The first-order valence-corrected chi connectivity index (χ1v) is 8.40. The molecule has 0 unspecified atom stereocenters. The lowest BCUT2D eigenvalue weighted by molar-refractivity contribution is 0.254. The maximum absolute atomic E-state index is 4.32. The molecule has 0 atom stereocenters. The minimum absolute atomic E-state index is 0. The van der Waals surface area contributed by atoms with Crippen molar-refractivity contribution in [3.63, 3.8) is 0 Å². The van der Waals surface area contributed by atoms with E-state index in [9.17, 15) is 0 Å². The van der Waals surface area contributed by atoms with Crippen LogP contribution in [-0.4, -0.2) is 73.2 Å². The van der Waals surface area contributed by atoms with E-state index in [0.29, 0.717) is 6.04 Å². The van der Waals surface area contributed by atoms with Crippen molar-refractivity contribution in [2.75, 3.05) is 51.2 Å². The van der Waals surface area contributed by atoms with Gasteiger partial charge < -0.3 is 15.5 Å². The number of hydrogen-bond donors (Lipinski definition) is 2. The molecule has 7 nitrogen and oxygen atoms in total. The van der Waals surface area contributed by atoms with Crippen molar-refractivity contribution < 1.29 is 0 Å². The summed E-state index contributed by atoms with van der Waals surface area (Å²) in [5, 5.41) is 6.65. The molecular formula is C16H30IN7. The number of halogens is 1. The Balaban J connectivity index is 0.00000288. The van der Waals surface area contributed by atoms with E-state index in [1.165, 1.54) is 0 Å². The Hall–Kier alpha value is -1.16. The predicted octanol–water partition coefficient (Wildman–Crippen LogP) is 1.18. The molecule has 0 aromatic carbocycles. The Bertz CT molecular complexity index is 473. The van der Waals surface area contributed by atoms with Crippen molar-refractivity contribution in [1.29, 1.82) is 0 Å². The number of aromatic nitrogens is 2. The summed E-state index contributed by atoms with van der Waals surface area (Å²) in [6.45, 7) is 10.4. The summed E-state index contributed by atoms with van der Waals surface area (Å²) in [6.07, 6.45) is 4.72. The molecule has 0 spiro atoms. The van der Waals surface area contributed by atoms with Crippen molar-refractivity contribution >= 4 is 35.9 Å². The fourth-order valence-corrected chi connectivity index (χ4v) is 2.60. The van der Waals surface area contributed by atoms with Crippen LogP contribution in [0.5, 0.6) is 0 Å². The molecule has 24 heavy (non-hydrogen) atoms. The van der Waals surface area contributed by atoms with Gasteiger partial charge in [0.25, 0.3) is 0 Å². The van der Waals surface area contributed by atoms with Crippen LogP contribution in [0.4, 0.5) is 5.95 Å². The van der Waals surface area contributed by atoms with Crippen LogP contribution in [0.3, 0.4) is 0 Å². The first-order valence-electron chi connectivity index (χ1n) is 8.40. The van der Waals surface area contributed by atoms with Crippen LogP contribution in [0.15, 0.2) is 23.5 Å². The van der Waals surface area contributed by atoms with Gasteiger partial charge in [0, 0.05) is 58.2 Å². The van der Waals surface area contributed by atoms with E-state index in [-0.39, 0.29) is 24.0 Å². The summed E-state index contributed by atoms with van der Waals surface area (Å²) < 4.78 is 0.